The highest BCUT2D eigenvalue weighted by Crippen LogP contribution is 2.57. The highest BCUT2D eigenvalue weighted by molar-refractivity contribution is 5.78. The minimum atomic E-state index is -0.0906. The maximum absolute atomic E-state index is 5.02. The first-order chi connectivity index (χ1) is 12.3. The topological polar surface area (TPSA) is 42.7 Å². The van der Waals surface area contributed by atoms with Gasteiger partial charge in [0.15, 0.2) is 11.6 Å². The molecule has 3 aliphatic rings. The average molecular weight is 328 g/mol. The first-order valence-corrected chi connectivity index (χ1v) is 9.24. The van der Waals surface area contributed by atoms with Crippen molar-refractivity contribution in [1.29, 1.82) is 0 Å². The Hall–Kier alpha value is -2.62. The molecule has 2 heterocycles. The van der Waals surface area contributed by atoms with E-state index < -0.39 is 0 Å². The molecular weight excluding hydrogens is 308 g/mol. The fraction of sp³-hybridized carbons (Fsp3) is 0.333. The molecule has 1 spiro atoms. The second-order valence-electron chi connectivity index (χ2n) is 7.71. The highest BCUT2D eigenvalue weighted by Gasteiger charge is 2.55. The molecule has 25 heavy (non-hydrogen) atoms. The van der Waals surface area contributed by atoms with Crippen LogP contribution in [0.5, 0.6) is 0 Å². The van der Waals surface area contributed by atoms with Gasteiger partial charge >= 0.3 is 0 Å². The van der Waals surface area contributed by atoms with Crippen LogP contribution in [0.3, 0.4) is 0 Å². The molecule has 3 aromatic rings. The summed E-state index contributed by atoms with van der Waals surface area (Å²) in [4.78, 5) is 4.98. The number of anilines is 1. The fourth-order valence-electron chi connectivity index (χ4n) is 5.26. The second kappa shape index (κ2) is 4.72. The standard InChI is InChI=1S/C21H20N4/c1-2-6-15(7-3-1)19-22-20-17-8-4-5-9-18(17)23-21(25(20)24-19)13-14-10-11-16(21)12-14/h1-9,14,16,23H,10-13H2/t14-,16-,21-/m0/s1. The van der Waals surface area contributed by atoms with E-state index in [1.54, 1.807) is 0 Å². The van der Waals surface area contributed by atoms with Crippen LogP contribution in [-0.2, 0) is 5.66 Å². The van der Waals surface area contributed by atoms with E-state index in [0.29, 0.717) is 5.92 Å². The number of benzene rings is 2. The molecule has 1 aliphatic heterocycles. The monoisotopic (exact) mass is 328 g/mol. The number of rotatable bonds is 1. The van der Waals surface area contributed by atoms with Crippen LogP contribution in [0.25, 0.3) is 22.8 Å². The molecule has 6 rings (SSSR count). The number of para-hydroxylation sites is 1. The van der Waals surface area contributed by atoms with Gasteiger partial charge in [-0.05, 0) is 43.7 Å². The normalized spacial score (nSPS) is 28.6. The summed E-state index contributed by atoms with van der Waals surface area (Å²) >= 11 is 0. The second-order valence-corrected chi connectivity index (χ2v) is 7.71. The summed E-state index contributed by atoms with van der Waals surface area (Å²) in [6.45, 7) is 0. The molecule has 2 aromatic carbocycles. The molecule has 4 nitrogen and oxygen atoms in total. The molecule has 2 aliphatic carbocycles. The molecule has 1 N–H and O–H groups in total. The Bertz CT molecular complexity index is 961. The molecular formula is C21H20N4. The van der Waals surface area contributed by atoms with Crippen LogP contribution < -0.4 is 5.32 Å². The molecule has 124 valence electrons. The van der Waals surface area contributed by atoms with Crippen LogP contribution in [0, 0.1) is 11.8 Å². The van der Waals surface area contributed by atoms with Crippen molar-refractivity contribution in [3.05, 3.63) is 54.6 Å². The molecule has 2 bridgehead atoms. The number of aromatic nitrogens is 3. The third-order valence-corrected chi connectivity index (χ3v) is 6.35. The first-order valence-electron chi connectivity index (χ1n) is 9.24. The van der Waals surface area contributed by atoms with Gasteiger partial charge in [-0.3, -0.25) is 0 Å². The Balaban J connectivity index is 1.59. The number of nitrogens with one attached hydrogen (secondary N) is 1. The van der Waals surface area contributed by atoms with Gasteiger partial charge in [0.05, 0.1) is 0 Å². The molecule has 0 amide bonds. The predicted octanol–water partition coefficient (Wildman–Crippen LogP) is 4.51. The van der Waals surface area contributed by atoms with E-state index in [-0.39, 0.29) is 5.66 Å². The number of hydrogen-bond acceptors (Lipinski definition) is 3. The van der Waals surface area contributed by atoms with Gasteiger partial charge in [0.2, 0.25) is 0 Å². The summed E-state index contributed by atoms with van der Waals surface area (Å²) in [5, 5.41) is 8.90. The summed E-state index contributed by atoms with van der Waals surface area (Å²) in [5.74, 6) is 3.31. The third kappa shape index (κ3) is 1.77. The quantitative estimate of drug-likeness (QED) is 0.714. The van der Waals surface area contributed by atoms with Crippen molar-refractivity contribution in [1.82, 2.24) is 14.8 Å². The van der Waals surface area contributed by atoms with Gasteiger partial charge in [-0.25, -0.2) is 9.67 Å². The molecule has 1 aromatic heterocycles. The minimum absolute atomic E-state index is 0.0906. The lowest BCUT2D eigenvalue weighted by Gasteiger charge is -2.43. The average Bonchev–Trinajstić information content (AvgIpc) is 3.37. The van der Waals surface area contributed by atoms with Gasteiger partial charge in [0, 0.05) is 22.7 Å². The summed E-state index contributed by atoms with van der Waals surface area (Å²) in [5.41, 5.74) is 3.35. The van der Waals surface area contributed by atoms with Gasteiger partial charge < -0.3 is 5.32 Å². The highest BCUT2D eigenvalue weighted by atomic mass is 15.5. The molecule has 2 fully saturated rings. The van der Waals surface area contributed by atoms with E-state index in [1.807, 2.05) is 6.07 Å². The Labute approximate surface area is 146 Å². The number of fused-ring (bicyclic) bond motifs is 7. The van der Waals surface area contributed by atoms with E-state index in [1.165, 1.54) is 24.9 Å². The minimum Gasteiger partial charge on any atom is -0.360 e. The largest absolute Gasteiger partial charge is 0.360 e. The van der Waals surface area contributed by atoms with Crippen molar-refractivity contribution < 1.29 is 0 Å². The Kier molecular flexibility index (Phi) is 2.58. The van der Waals surface area contributed by atoms with Crippen LogP contribution in [-0.4, -0.2) is 14.8 Å². The van der Waals surface area contributed by atoms with Crippen LogP contribution in [0.1, 0.15) is 25.7 Å². The van der Waals surface area contributed by atoms with Gasteiger partial charge in [0.25, 0.3) is 0 Å². The van der Waals surface area contributed by atoms with E-state index in [2.05, 4.69) is 58.5 Å². The van der Waals surface area contributed by atoms with Crippen molar-refractivity contribution in [3.63, 3.8) is 0 Å². The lowest BCUT2D eigenvalue weighted by molar-refractivity contribution is 0.185. The summed E-state index contributed by atoms with van der Waals surface area (Å²) in [6.07, 6.45) is 5.14. The smallest absolute Gasteiger partial charge is 0.181 e. The number of nitrogens with zero attached hydrogens (tertiary/aromatic N) is 3. The Morgan fingerprint density at radius 2 is 1.84 bits per heavy atom. The maximum atomic E-state index is 5.02. The Morgan fingerprint density at radius 1 is 1.00 bits per heavy atom. The van der Waals surface area contributed by atoms with E-state index in [9.17, 15) is 0 Å². The third-order valence-electron chi connectivity index (χ3n) is 6.35. The van der Waals surface area contributed by atoms with Crippen molar-refractivity contribution in [2.45, 2.75) is 31.3 Å². The molecule has 0 radical (unpaired) electrons. The summed E-state index contributed by atoms with van der Waals surface area (Å²) in [6, 6.07) is 18.8. The molecule has 0 saturated heterocycles. The molecule has 0 unspecified atom stereocenters. The maximum Gasteiger partial charge on any atom is 0.181 e. The molecule has 4 heteroatoms. The van der Waals surface area contributed by atoms with Gasteiger partial charge in [0.1, 0.15) is 5.66 Å². The zero-order chi connectivity index (χ0) is 16.4. The van der Waals surface area contributed by atoms with Crippen molar-refractivity contribution in [3.8, 4) is 22.8 Å². The van der Waals surface area contributed by atoms with E-state index in [4.69, 9.17) is 10.1 Å². The summed E-state index contributed by atoms with van der Waals surface area (Å²) in [7, 11) is 0. The van der Waals surface area contributed by atoms with Crippen LogP contribution in [0.4, 0.5) is 5.69 Å². The Morgan fingerprint density at radius 3 is 2.64 bits per heavy atom. The zero-order valence-electron chi connectivity index (χ0n) is 14.0. The molecule has 3 atom stereocenters. The SMILES string of the molecule is c1ccc(-c2nc3n(n2)[C@]2(C[C@H]4CC[C@H]2C4)Nc2ccccc2-3)cc1. The van der Waals surface area contributed by atoms with Crippen molar-refractivity contribution in [2.75, 3.05) is 5.32 Å². The van der Waals surface area contributed by atoms with Crippen LogP contribution in [0.15, 0.2) is 54.6 Å². The van der Waals surface area contributed by atoms with Crippen LogP contribution >= 0.6 is 0 Å². The predicted molar refractivity (Wildman–Crippen MR) is 97.9 cm³/mol. The van der Waals surface area contributed by atoms with Crippen molar-refractivity contribution in [2.24, 2.45) is 11.8 Å². The number of hydrogen-bond donors (Lipinski definition) is 1. The molecule has 2 saturated carbocycles. The zero-order valence-corrected chi connectivity index (χ0v) is 14.0. The first kappa shape index (κ1) is 13.6. The van der Waals surface area contributed by atoms with E-state index >= 15 is 0 Å². The lowest BCUT2D eigenvalue weighted by Crippen LogP contribution is -2.49. The lowest BCUT2D eigenvalue weighted by atomic mass is 9.86. The van der Waals surface area contributed by atoms with Gasteiger partial charge in [-0.2, -0.15) is 0 Å². The van der Waals surface area contributed by atoms with Gasteiger partial charge in [-0.15, -0.1) is 5.10 Å². The van der Waals surface area contributed by atoms with Crippen LogP contribution in [0.2, 0.25) is 0 Å². The van der Waals surface area contributed by atoms with Crippen molar-refractivity contribution >= 4 is 5.69 Å². The van der Waals surface area contributed by atoms with Gasteiger partial charge in [-0.1, -0.05) is 42.5 Å². The van der Waals surface area contributed by atoms with E-state index in [0.717, 1.165) is 35.1 Å². The fourth-order valence-corrected chi connectivity index (χ4v) is 5.26. The summed E-state index contributed by atoms with van der Waals surface area (Å²) < 4.78 is 2.22.